The molecule has 0 unspecified atom stereocenters. The summed E-state index contributed by atoms with van der Waals surface area (Å²) in [6, 6.07) is 21.7. The summed E-state index contributed by atoms with van der Waals surface area (Å²) in [7, 11) is 0. The first-order chi connectivity index (χ1) is 15.0. The number of hydrogen-bond acceptors (Lipinski definition) is 5. The number of nitrogens with one attached hydrogen (secondary N) is 1. The molecule has 6 nitrogen and oxygen atoms in total. The lowest BCUT2D eigenvalue weighted by Gasteiger charge is -2.10. The largest absolute Gasteiger partial charge is 0.484 e. The van der Waals surface area contributed by atoms with Crippen molar-refractivity contribution in [3.63, 3.8) is 0 Å². The van der Waals surface area contributed by atoms with Crippen LogP contribution in [-0.2, 0) is 4.79 Å². The summed E-state index contributed by atoms with van der Waals surface area (Å²) in [6.45, 7) is 4.15. The molecule has 0 saturated heterocycles. The molecule has 0 aliphatic rings. The Labute approximate surface area is 179 Å². The summed E-state index contributed by atoms with van der Waals surface area (Å²) in [4.78, 5) is 28.7. The first kappa shape index (κ1) is 20.3. The zero-order valence-corrected chi connectivity index (χ0v) is 17.3. The monoisotopic (exact) mass is 414 g/mol. The summed E-state index contributed by atoms with van der Waals surface area (Å²) in [6.07, 6.45) is 0. The Morgan fingerprint density at radius 3 is 2.42 bits per heavy atom. The third-order valence-electron chi connectivity index (χ3n) is 4.87. The first-order valence-electron chi connectivity index (χ1n) is 10.0. The number of aromatic nitrogens is 1. The lowest BCUT2D eigenvalue weighted by atomic mass is 10.0. The second kappa shape index (κ2) is 8.83. The van der Waals surface area contributed by atoms with E-state index < -0.39 is 5.63 Å². The third kappa shape index (κ3) is 4.80. The van der Waals surface area contributed by atoms with E-state index in [-0.39, 0.29) is 18.4 Å². The molecule has 0 atom stereocenters. The Bertz CT molecular complexity index is 1260. The van der Waals surface area contributed by atoms with E-state index in [0.717, 1.165) is 0 Å². The van der Waals surface area contributed by atoms with Crippen LogP contribution in [0.4, 0.5) is 5.69 Å². The molecule has 1 N–H and O–H groups in total. The van der Waals surface area contributed by atoms with Crippen molar-refractivity contribution in [2.45, 2.75) is 19.8 Å². The number of carbonyl (C=O) groups is 1. The molecule has 3 aromatic carbocycles. The Kier molecular flexibility index (Phi) is 5.80. The molecule has 31 heavy (non-hydrogen) atoms. The molecule has 0 saturated carbocycles. The number of carbonyl (C=O) groups excluding carboxylic acids is 1. The molecule has 0 aliphatic heterocycles. The third-order valence-corrected chi connectivity index (χ3v) is 4.87. The quantitative estimate of drug-likeness (QED) is 0.480. The highest BCUT2D eigenvalue weighted by Gasteiger charge is 2.09. The highest BCUT2D eigenvalue weighted by molar-refractivity contribution is 5.92. The van der Waals surface area contributed by atoms with E-state index in [1.807, 2.05) is 30.3 Å². The molecule has 0 bridgehead atoms. The van der Waals surface area contributed by atoms with Crippen LogP contribution in [0.2, 0.25) is 0 Å². The van der Waals surface area contributed by atoms with Gasteiger partial charge in [-0.2, -0.15) is 0 Å². The summed E-state index contributed by atoms with van der Waals surface area (Å²) < 4.78 is 10.9. The summed E-state index contributed by atoms with van der Waals surface area (Å²) >= 11 is 0. The average molecular weight is 414 g/mol. The van der Waals surface area contributed by atoms with Gasteiger partial charge in [-0.25, -0.2) is 9.78 Å². The SMILES string of the molecule is CC(C)c1ccc(OCC(=O)Nc2ccc(-c3nc4ccccc4c(=O)o3)cc2)cc1. The molecular formula is C25H22N2O4. The summed E-state index contributed by atoms with van der Waals surface area (Å²) in [5, 5.41) is 3.22. The Morgan fingerprint density at radius 1 is 1.00 bits per heavy atom. The van der Waals surface area contributed by atoms with Crippen LogP contribution in [0.15, 0.2) is 82.0 Å². The number of fused-ring (bicyclic) bond motifs is 1. The molecule has 6 heteroatoms. The minimum Gasteiger partial charge on any atom is -0.484 e. The number of amides is 1. The van der Waals surface area contributed by atoms with Gasteiger partial charge in [-0.1, -0.05) is 38.1 Å². The van der Waals surface area contributed by atoms with Crippen LogP contribution < -0.4 is 15.7 Å². The van der Waals surface area contributed by atoms with Gasteiger partial charge in [-0.05, 0) is 60.0 Å². The van der Waals surface area contributed by atoms with Gasteiger partial charge in [-0.15, -0.1) is 0 Å². The van der Waals surface area contributed by atoms with Crippen LogP contribution in [0.1, 0.15) is 25.3 Å². The van der Waals surface area contributed by atoms with Crippen LogP contribution in [0, 0.1) is 0 Å². The summed E-state index contributed by atoms with van der Waals surface area (Å²) in [5.74, 6) is 1.05. The van der Waals surface area contributed by atoms with Crippen LogP contribution in [0.25, 0.3) is 22.4 Å². The van der Waals surface area contributed by atoms with Crippen molar-refractivity contribution in [3.05, 3.63) is 88.8 Å². The number of hydrogen-bond donors (Lipinski definition) is 1. The standard InChI is InChI=1S/C25H22N2O4/c1-16(2)17-9-13-20(14-10-17)30-15-23(28)26-19-11-7-18(8-12-19)24-27-22-6-4-3-5-21(22)25(29)31-24/h3-14,16H,15H2,1-2H3,(H,26,28). The first-order valence-corrected chi connectivity index (χ1v) is 10.0. The maximum absolute atomic E-state index is 12.2. The second-order valence-electron chi connectivity index (χ2n) is 7.46. The van der Waals surface area contributed by atoms with Crippen LogP contribution >= 0.6 is 0 Å². The predicted octanol–water partition coefficient (Wildman–Crippen LogP) is 5.00. The van der Waals surface area contributed by atoms with Gasteiger partial charge < -0.3 is 14.5 Å². The van der Waals surface area contributed by atoms with Gasteiger partial charge in [0.1, 0.15) is 5.75 Å². The number of nitrogens with zero attached hydrogens (tertiary/aromatic N) is 1. The smallest absolute Gasteiger partial charge is 0.347 e. The van der Waals surface area contributed by atoms with Crippen molar-refractivity contribution in [3.8, 4) is 17.2 Å². The molecule has 4 aromatic rings. The van der Waals surface area contributed by atoms with E-state index in [9.17, 15) is 9.59 Å². The predicted molar refractivity (Wildman–Crippen MR) is 120 cm³/mol. The molecule has 1 aromatic heterocycles. The van der Waals surface area contributed by atoms with Crippen molar-refractivity contribution in [1.29, 1.82) is 0 Å². The molecule has 0 radical (unpaired) electrons. The normalized spacial score (nSPS) is 10.9. The van der Waals surface area contributed by atoms with Gasteiger partial charge in [0, 0.05) is 11.3 Å². The number of ether oxygens (including phenoxy) is 1. The van der Waals surface area contributed by atoms with Crippen LogP contribution in [-0.4, -0.2) is 17.5 Å². The minimum absolute atomic E-state index is 0.0934. The fourth-order valence-electron chi connectivity index (χ4n) is 3.13. The molecule has 1 heterocycles. The van der Waals surface area contributed by atoms with Gasteiger partial charge in [0.25, 0.3) is 5.91 Å². The zero-order chi connectivity index (χ0) is 21.8. The Balaban J connectivity index is 1.39. The van der Waals surface area contributed by atoms with Gasteiger partial charge >= 0.3 is 5.63 Å². The molecule has 4 rings (SSSR count). The average Bonchev–Trinajstić information content (AvgIpc) is 2.78. The Morgan fingerprint density at radius 2 is 1.71 bits per heavy atom. The van der Waals surface area contributed by atoms with Crippen LogP contribution in [0.5, 0.6) is 5.75 Å². The topological polar surface area (TPSA) is 81.4 Å². The van der Waals surface area contributed by atoms with E-state index in [1.165, 1.54) is 5.56 Å². The van der Waals surface area contributed by atoms with Crippen LogP contribution in [0.3, 0.4) is 0 Å². The van der Waals surface area contributed by atoms with Gasteiger partial charge in [0.05, 0.1) is 10.9 Å². The van der Waals surface area contributed by atoms with Crippen molar-refractivity contribution >= 4 is 22.5 Å². The maximum atomic E-state index is 12.2. The maximum Gasteiger partial charge on any atom is 0.347 e. The zero-order valence-electron chi connectivity index (χ0n) is 17.3. The second-order valence-corrected chi connectivity index (χ2v) is 7.46. The lowest BCUT2D eigenvalue weighted by molar-refractivity contribution is -0.118. The fraction of sp³-hybridized carbons (Fsp3) is 0.160. The van der Waals surface area contributed by atoms with Crippen molar-refractivity contribution in [1.82, 2.24) is 4.98 Å². The molecule has 156 valence electrons. The highest BCUT2D eigenvalue weighted by Crippen LogP contribution is 2.21. The van der Waals surface area contributed by atoms with Gasteiger partial charge in [0.2, 0.25) is 5.89 Å². The van der Waals surface area contributed by atoms with E-state index >= 15 is 0 Å². The molecule has 0 spiro atoms. The van der Waals surface area contributed by atoms with E-state index in [2.05, 4.69) is 24.1 Å². The molecule has 1 amide bonds. The van der Waals surface area contributed by atoms with Gasteiger partial charge in [0.15, 0.2) is 6.61 Å². The van der Waals surface area contributed by atoms with Gasteiger partial charge in [-0.3, -0.25) is 4.79 Å². The van der Waals surface area contributed by atoms with Crippen molar-refractivity contribution in [2.24, 2.45) is 0 Å². The van der Waals surface area contributed by atoms with E-state index in [1.54, 1.807) is 42.5 Å². The van der Waals surface area contributed by atoms with E-state index in [4.69, 9.17) is 9.15 Å². The number of anilines is 1. The highest BCUT2D eigenvalue weighted by atomic mass is 16.5. The lowest BCUT2D eigenvalue weighted by Crippen LogP contribution is -2.20. The minimum atomic E-state index is -0.434. The van der Waals surface area contributed by atoms with Crippen molar-refractivity contribution in [2.75, 3.05) is 11.9 Å². The number of rotatable bonds is 6. The molecule has 0 aliphatic carbocycles. The molecule has 0 fully saturated rings. The summed E-state index contributed by atoms with van der Waals surface area (Å²) in [5.41, 5.74) is 2.60. The Hall–Kier alpha value is -3.93. The number of benzene rings is 3. The van der Waals surface area contributed by atoms with Crippen molar-refractivity contribution < 1.29 is 13.9 Å². The van der Waals surface area contributed by atoms with E-state index in [0.29, 0.717) is 33.8 Å². The number of para-hydroxylation sites is 1. The molecular weight excluding hydrogens is 392 g/mol. The fourth-order valence-corrected chi connectivity index (χ4v) is 3.13.